The molecule has 0 aliphatic carbocycles. The number of ether oxygens (including phenoxy) is 2. The highest BCUT2D eigenvalue weighted by molar-refractivity contribution is 5.90. The van der Waals surface area contributed by atoms with Gasteiger partial charge in [0.1, 0.15) is 6.10 Å². The number of hydrogen-bond donors (Lipinski definition) is 0. The molecule has 0 amide bonds. The Hall–Kier alpha value is -2.28. The van der Waals surface area contributed by atoms with Crippen LogP contribution in [0.4, 0.5) is 5.69 Å². The van der Waals surface area contributed by atoms with Gasteiger partial charge in [-0.25, -0.2) is 4.79 Å². The van der Waals surface area contributed by atoms with E-state index in [0.29, 0.717) is 6.29 Å². The number of methoxy groups -OCH3 is 2. The van der Waals surface area contributed by atoms with Gasteiger partial charge < -0.3 is 14.3 Å². The largest absolute Gasteiger partial charge is 0.465 e. The molecule has 0 spiro atoms. The summed E-state index contributed by atoms with van der Waals surface area (Å²) in [4.78, 5) is 32.2. The molecule has 0 N–H and O–H groups in total. The summed E-state index contributed by atoms with van der Waals surface area (Å²) in [6.07, 6.45) is -0.600. The van der Waals surface area contributed by atoms with Crippen LogP contribution in [0.1, 0.15) is 22.0 Å². The van der Waals surface area contributed by atoms with E-state index in [1.54, 1.807) is 0 Å². The lowest BCUT2D eigenvalue weighted by atomic mass is 10.0. The molecule has 0 bridgehead atoms. The molecular formula is C11H11NO6. The molecule has 18 heavy (non-hydrogen) atoms. The number of aldehydes is 1. The fourth-order valence-corrected chi connectivity index (χ4v) is 1.44. The van der Waals surface area contributed by atoms with Gasteiger partial charge in [-0.05, 0) is 12.1 Å². The number of benzene rings is 1. The second-order valence-electron chi connectivity index (χ2n) is 3.31. The zero-order valence-corrected chi connectivity index (χ0v) is 9.78. The van der Waals surface area contributed by atoms with Crippen LogP contribution in [0.5, 0.6) is 0 Å². The monoisotopic (exact) mass is 253 g/mol. The second-order valence-corrected chi connectivity index (χ2v) is 3.31. The van der Waals surface area contributed by atoms with Gasteiger partial charge in [0.05, 0.1) is 23.2 Å². The van der Waals surface area contributed by atoms with Gasteiger partial charge >= 0.3 is 5.97 Å². The molecule has 0 aliphatic heterocycles. The molecule has 0 saturated heterocycles. The third kappa shape index (κ3) is 2.69. The summed E-state index contributed by atoms with van der Waals surface area (Å²) in [5.41, 5.74) is -0.240. The van der Waals surface area contributed by atoms with Gasteiger partial charge in [0.25, 0.3) is 5.69 Å². The molecule has 1 rings (SSSR count). The SMILES string of the molecule is COC(=O)c1ccc(C(C=O)OC)c([N+](=O)[O-])c1. The van der Waals surface area contributed by atoms with Crippen LogP contribution in [0, 0.1) is 10.1 Å². The Kier molecular flexibility index (Phi) is 4.50. The van der Waals surface area contributed by atoms with Gasteiger partial charge in [0.15, 0.2) is 6.29 Å². The quantitative estimate of drug-likeness (QED) is 0.339. The fourth-order valence-electron chi connectivity index (χ4n) is 1.44. The van der Waals surface area contributed by atoms with Crippen LogP contribution in [-0.4, -0.2) is 31.4 Å². The second kappa shape index (κ2) is 5.87. The maximum Gasteiger partial charge on any atom is 0.338 e. The minimum atomic E-state index is -1.04. The van der Waals surface area contributed by atoms with Gasteiger partial charge in [0, 0.05) is 13.2 Å². The predicted octanol–water partition coefficient (Wildman–Crippen LogP) is 1.27. The lowest BCUT2D eigenvalue weighted by molar-refractivity contribution is -0.386. The third-order valence-electron chi connectivity index (χ3n) is 2.33. The first-order chi connectivity index (χ1) is 8.54. The molecule has 0 aliphatic rings. The van der Waals surface area contributed by atoms with Gasteiger partial charge in [-0.1, -0.05) is 0 Å². The van der Waals surface area contributed by atoms with Gasteiger partial charge in [0.2, 0.25) is 0 Å². The smallest absolute Gasteiger partial charge is 0.338 e. The van der Waals surface area contributed by atoms with Crippen molar-refractivity contribution in [2.45, 2.75) is 6.10 Å². The lowest BCUT2D eigenvalue weighted by Gasteiger charge is -2.09. The number of carbonyl (C=O) groups is 2. The molecule has 96 valence electrons. The van der Waals surface area contributed by atoms with Crippen molar-refractivity contribution in [1.29, 1.82) is 0 Å². The van der Waals surface area contributed by atoms with Crippen LogP contribution in [-0.2, 0) is 14.3 Å². The number of hydrogen-bond acceptors (Lipinski definition) is 6. The first kappa shape index (κ1) is 13.8. The van der Waals surface area contributed by atoms with Gasteiger partial charge in [-0.15, -0.1) is 0 Å². The molecule has 1 aromatic rings. The Bertz CT molecular complexity index is 484. The standard InChI is InChI=1S/C11H11NO6/c1-17-10(6-13)8-4-3-7(11(14)18-2)5-9(8)12(15)16/h3-6,10H,1-2H3. The molecule has 1 aromatic carbocycles. The van der Waals surface area contributed by atoms with Gasteiger partial charge in [-0.2, -0.15) is 0 Å². The van der Waals surface area contributed by atoms with E-state index in [9.17, 15) is 19.7 Å². The molecule has 0 aromatic heterocycles. The Morgan fingerprint density at radius 3 is 2.56 bits per heavy atom. The van der Waals surface area contributed by atoms with E-state index >= 15 is 0 Å². The van der Waals surface area contributed by atoms with Crippen molar-refractivity contribution in [3.05, 3.63) is 39.4 Å². The average molecular weight is 253 g/mol. The van der Waals surface area contributed by atoms with Crippen LogP contribution >= 0.6 is 0 Å². The number of rotatable bonds is 5. The van der Waals surface area contributed by atoms with Crippen LogP contribution < -0.4 is 0 Å². The molecule has 7 nitrogen and oxygen atoms in total. The maximum atomic E-state index is 11.3. The summed E-state index contributed by atoms with van der Waals surface area (Å²) < 4.78 is 9.28. The van der Waals surface area contributed by atoms with Crippen molar-refractivity contribution < 1.29 is 24.0 Å². The van der Waals surface area contributed by atoms with Crippen molar-refractivity contribution in [1.82, 2.24) is 0 Å². The summed E-state index contributed by atoms with van der Waals surface area (Å²) in [6.45, 7) is 0. The highest BCUT2D eigenvalue weighted by Crippen LogP contribution is 2.27. The predicted molar refractivity (Wildman–Crippen MR) is 60.2 cm³/mol. The molecule has 7 heteroatoms. The van der Waals surface area contributed by atoms with Crippen molar-refractivity contribution >= 4 is 17.9 Å². The van der Waals surface area contributed by atoms with Crippen molar-refractivity contribution in [2.24, 2.45) is 0 Å². The van der Waals surface area contributed by atoms with Crippen LogP contribution in [0.3, 0.4) is 0 Å². The number of nitro benzene ring substituents is 1. The zero-order valence-electron chi connectivity index (χ0n) is 9.78. The van der Waals surface area contributed by atoms with E-state index in [1.165, 1.54) is 26.4 Å². The normalized spacial score (nSPS) is 11.7. The lowest BCUT2D eigenvalue weighted by Crippen LogP contribution is -2.09. The Morgan fingerprint density at radius 2 is 2.11 bits per heavy atom. The van der Waals surface area contributed by atoms with Crippen molar-refractivity contribution in [3.8, 4) is 0 Å². The molecule has 0 radical (unpaired) electrons. The zero-order chi connectivity index (χ0) is 13.7. The van der Waals surface area contributed by atoms with E-state index in [1.807, 2.05) is 0 Å². The van der Waals surface area contributed by atoms with E-state index in [-0.39, 0.29) is 16.8 Å². The average Bonchev–Trinajstić information content (AvgIpc) is 2.39. The molecule has 1 unspecified atom stereocenters. The molecule has 0 heterocycles. The fraction of sp³-hybridized carbons (Fsp3) is 0.273. The number of carbonyl (C=O) groups excluding carboxylic acids is 2. The highest BCUT2D eigenvalue weighted by atomic mass is 16.6. The van der Waals surface area contributed by atoms with E-state index < -0.39 is 17.0 Å². The van der Waals surface area contributed by atoms with Crippen LogP contribution in [0.2, 0.25) is 0 Å². The topological polar surface area (TPSA) is 95.7 Å². The van der Waals surface area contributed by atoms with E-state index in [0.717, 1.165) is 6.07 Å². The minimum Gasteiger partial charge on any atom is -0.465 e. The number of nitrogens with zero attached hydrogens (tertiary/aromatic N) is 1. The molecule has 1 atom stereocenters. The summed E-state index contributed by atoms with van der Waals surface area (Å²) in [5.74, 6) is -0.690. The molecule has 0 saturated carbocycles. The van der Waals surface area contributed by atoms with E-state index in [4.69, 9.17) is 4.74 Å². The van der Waals surface area contributed by atoms with Crippen molar-refractivity contribution in [2.75, 3.05) is 14.2 Å². The minimum absolute atomic E-state index is 0.0358. The first-order valence-corrected chi connectivity index (χ1v) is 4.89. The number of esters is 1. The number of nitro groups is 1. The summed E-state index contributed by atoms with van der Waals surface area (Å²) >= 11 is 0. The highest BCUT2D eigenvalue weighted by Gasteiger charge is 2.23. The maximum absolute atomic E-state index is 11.3. The van der Waals surface area contributed by atoms with E-state index in [2.05, 4.69) is 4.74 Å². The Morgan fingerprint density at radius 1 is 1.44 bits per heavy atom. The molecular weight excluding hydrogens is 242 g/mol. The van der Waals surface area contributed by atoms with Crippen LogP contribution in [0.25, 0.3) is 0 Å². The van der Waals surface area contributed by atoms with Crippen LogP contribution in [0.15, 0.2) is 18.2 Å². The Labute approximate surface area is 102 Å². The third-order valence-corrected chi connectivity index (χ3v) is 2.33. The first-order valence-electron chi connectivity index (χ1n) is 4.89. The summed E-state index contributed by atoms with van der Waals surface area (Å²) in [5, 5.41) is 10.9. The van der Waals surface area contributed by atoms with Gasteiger partial charge in [-0.3, -0.25) is 10.1 Å². The Balaban J connectivity index is 3.32. The summed E-state index contributed by atoms with van der Waals surface area (Å²) in [7, 11) is 2.43. The molecule has 0 fully saturated rings. The van der Waals surface area contributed by atoms with Crippen molar-refractivity contribution in [3.63, 3.8) is 0 Å². The summed E-state index contributed by atoms with van der Waals surface area (Å²) in [6, 6.07) is 3.69.